The fourth-order valence-electron chi connectivity index (χ4n) is 3.34. The van der Waals surface area contributed by atoms with E-state index in [-0.39, 0.29) is 17.4 Å². The smallest absolute Gasteiger partial charge is 0.131 e. The second-order valence-corrected chi connectivity index (χ2v) is 7.48. The number of pyridine rings is 1. The molecule has 0 radical (unpaired) electrons. The van der Waals surface area contributed by atoms with E-state index in [9.17, 15) is 5.11 Å². The van der Waals surface area contributed by atoms with E-state index in [2.05, 4.69) is 33.2 Å². The SMILES string of the molecule is CC1(CO)CCC2(CC1)CNc1ncc(Br)c(Cl)c12. The highest BCUT2D eigenvalue weighted by atomic mass is 79.9. The van der Waals surface area contributed by atoms with Gasteiger partial charge >= 0.3 is 0 Å². The van der Waals surface area contributed by atoms with Crippen LogP contribution >= 0.6 is 27.5 Å². The van der Waals surface area contributed by atoms with Gasteiger partial charge in [-0.2, -0.15) is 0 Å². The number of nitrogens with one attached hydrogen (secondary N) is 1. The van der Waals surface area contributed by atoms with Crippen molar-refractivity contribution in [1.29, 1.82) is 0 Å². The van der Waals surface area contributed by atoms with Gasteiger partial charge in [0, 0.05) is 30.3 Å². The van der Waals surface area contributed by atoms with E-state index in [4.69, 9.17) is 11.6 Å². The van der Waals surface area contributed by atoms with Gasteiger partial charge in [-0.1, -0.05) is 18.5 Å². The van der Waals surface area contributed by atoms with Crippen molar-refractivity contribution >= 4 is 33.3 Å². The number of anilines is 1. The minimum atomic E-state index is 0.0694. The van der Waals surface area contributed by atoms with Gasteiger partial charge in [0.1, 0.15) is 5.82 Å². The van der Waals surface area contributed by atoms with Crippen LogP contribution in [0.3, 0.4) is 0 Å². The van der Waals surface area contributed by atoms with Gasteiger partial charge in [0.15, 0.2) is 0 Å². The Labute approximate surface area is 126 Å². The number of hydrogen-bond acceptors (Lipinski definition) is 3. The second kappa shape index (κ2) is 4.61. The molecule has 3 nitrogen and oxygen atoms in total. The fourth-order valence-corrected chi connectivity index (χ4v) is 3.98. The zero-order valence-electron chi connectivity index (χ0n) is 11.0. The van der Waals surface area contributed by atoms with Crippen LogP contribution in [0.4, 0.5) is 5.82 Å². The summed E-state index contributed by atoms with van der Waals surface area (Å²) in [7, 11) is 0. The van der Waals surface area contributed by atoms with E-state index < -0.39 is 0 Å². The van der Waals surface area contributed by atoms with Crippen LogP contribution in [0.1, 0.15) is 38.2 Å². The Morgan fingerprint density at radius 3 is 2.74 bits per heavy atom. The van der Waals surface area contributed by atoms with Gasteiger partial charge in [0.2, 0.25) is 0 Å². The molecule has 1 saturated carbocycles. The molecule has 0 unspecified atom stereocenters. The van der Waals surface area contributed by atoms with Crippen LogP contribution in [0, 0.1) is 5.41 Å². The molecule has 104 valence electrons. The summed E-state index contributed by atoms with van der Waals surface area (Å²) in [4.78, 5) is 4.43. The van der Waals surface area contributed by atoms with Crippen LogP contribution in [0.5, 0.6) is 0 Å². The van der Waals surface area contributed by atoms with Gasteiger partial charge in [0.25, 0.3) is 0 Å². The molecule has 19 heavy (non-hydrogen) atoms. The summed E-state index contributed by atoms with van der Waals surface area (Å²) in [5.74, 6) is 0.931. The third kappa shape index (κ3) is 2.08. The third-order valence-corrected chi connectivity index (χ3v) is 6.12. The highest BCUT2D eigenvalue weighted by Crippen LogP contribution is 2.53. The van der Waals surface area contributed by atoms with E-state index in [0.717, 1.165) is 47.5 Å². The first-order valence-electron chi connectivity index (χ1n) is 6.69. The molecule has 0 bridgehead atoms. The maximum absolute atomic E-state index is 9.51. The van der Waals surface area contributed by atoms with Crippen LogP contribution in [0.2, 0.25) is 5.02 Å². The average Bonchev–Trinajstić information content (AvgIpc) is 2.78. The van der Waals surface area contributed by atoms with Crippen molar-refractivity contribution in [3.8, 4) is 0 Å². The van der Waals surface area contributed by atoms with Crippen molar-refractivity contribution in [2.24, 2.45) is 5.41 Å². The standard InChI is InChI=1S/C14H18BrClN2O/c1-13(8-19)2-4-14(5-3-13)7-18-12-10(14)11(16)9(15)6-17-12/h6,19H,2-5,7-8H2,1H3,(H,17,18). The molecule has 5 heteroatoms. The summed E-state index contributed by atoms with van der Waals surface area (Å²) in [6.07, 6.45) is 5.94. The second-order valence-electron chi connectivity index (χ2n) is 6.25. The molecule has 0 amide bonds. The fraction of sp³-hybridized carbons (Fsp3) is 0.643. The largest absolute Gasteiger partial charge is 0.396 e. The Morgan fingerprint density at radius 2 is 2.11 bits per heavy atom. The average molecular weight is 346 g/mol. The monoisotopic (exact) mass is 344 g/mol. The molecule has 3 rings (SSSR count). The molecular weight excluding hydrogens is 328 g/mol. The lowest BCUT2D eigenvalue weighted by Gasteiger charge is -2.42. The number of fused-ring (bicyclic) bond motifs is 2. The van der Waals surface area contributed by atoms with Crippen molar-refractivity contribution in [2.75, 3.05) is 18.5 Å². The number of hydrogen-bond donors (Lipinski definition) is 2. The third-order valence-electron chi connectivity index (χ3n) is 4.89. The maximum atomic E-state index is 9.51. The van der Waals surface area contributed by atoms with E-state index in [1.165, 1.54) is 5.56 Å². The van der Waals surface area contributed by atoms with Crippen LogP contribution < -0.4 is 5.32 Å². The normalized spacial score (nSPS) is 33.3. The number of aromatic nitrogens is 1. The predicted molar refractivity (Wildman–Crippen MR) is 80.8 cm³/mol. The molecule has 1 aromatic rings. The molecule has 1 aliphatic heterocycles. The predicted octanol–water partition coefficient (Wildman–Crippen LogP) is 3.73. The Kier molecular flexibility index (Phi) is 3.31. The Hall–Kier alpha value is -0.320. The molecule has 1 spiro atoms. The molecule has 2 N–H and O–H groups in total. The van der Waals surface area contributed by atoms with E-state index >= 15 is 0 Å². The number of halogens is 2. The molecule has 2 heterocycles. The van der Waals surface area contributed by atoms with Gasteiger partial charge in [-0.15, -0.1) is 0 Å². The number of rotatable bonds is 1. The van der Waals surface area contributed by atoms with E-state index in [1.54, 1.807) is 6.20 Å². The van der Waals surface area contributed by atoms with Crippen molar-refractivity contribution in [3.05, 3.63) is 21.3 Å². The van der Waals surface area contributed by atoms with Crippen molar-refractivity contribution in [3.63, 3.8) is 0 Å². The highest BCUT2D eigenvalue weighted by Gasteiger charge is 2.46. The molecule has 0 saturated heterocycles. The topological polar surface area (TPSA) is 45.1 Å². The quantitative estimate of drug-likeness (QED) is 0.815. The molecule has 1 aliphatic carbocycles. The number of aliphatic hydroxyl groups is 1. The first-order valence-corrected chi connectivity index (χ1v) is 7.86. The minimum absolute atomic E-state index is 0.0694. The number of aliphatic hydroxyl groups excluding tert-OH is 1. The van der Waals surface area contributed by atoms with Crippen LogP contribution in [0.25, 0.3) is 0 Å². The van der Waals surface area contributed by atoms with Gasteiger partial charge in [-0.3, -0.25) is 0 Å². The first-order chi connectivity index (χ1) is 9.00. The Bertz CT molecular complexity index is 512. The van der Waals surface area contributed by atoms with Crippen molar-refractivity contribution in [1.82, 2.24) is 4.98 Å². The molecular formula is C14H18BrClN2O. The molecule has 1 fully saturated rings. The van der Waals surface area contributed by atoms with Gasteiger partial charge in [0.05, 0.1) is 9.50 Å². The van der Waals surface area contributed by atoms with Gasteiger partial charge < -0.3 is 10.4 Å². The van der Waals surface area contributed by atoms with Gasteiger partial charge in [-0.05, 0) is 47.0 Å². The lowest BCUT2D eigenvalue weighted by molar-refractivity contribution is 0.0741. The zero-order valence-corrected chi connectivity index (χ0v) is 13.3. The molecule has 0 aromatic carbocycles. The van der Waals surface area contributed by atoms with Crippen molar-refractivity contribution in [2.45, 2.75) is 38.0 Å². The van der Waals surface area contributed by atoms with Crippen LogP contribution in [-0.2, 0) is 5.41 Å². The highest BCUT2D eigenvalue weighted by molar-refractivity contribution is 9.10. The van der Waals surface area contributed by atoms with E-state index in [0.29, 0.717) is 0 Å². The minimum Gasteiger partial charge on any atom is -0.396 e. The van der Waals surface area contributed by atoms with Crippen LogP contribution in [0.15, 0.2) is 10.7 Å². The lowest BCUT2D eigenvalue weighted by atomic mass is 9.63. The summed E-state index contributed by atoms with van der Waals surface area (Å²) in [6, 6.07) is 0. The zero-order chi connectivity index (χ0) is 13.7. The maximum Gasteiger partial charge on any atom is 0.131 e. The summed E-state index contributed by atoms with van der Waals surface area (Å²) in [6.45, 7) is 3.35. The van der Waals surface area contributed by atoms with Crippen LogP contribution in [-0.4, -0.2) is 23.2 Å². The summed E-state index contributed by atoms with van der Waals surface area (Å²) < 4.78 is 0.867. The molecule has 0 atom stereocenters. The summed E-state index contributed by atoms with van der Waals surface area (Å²) >= 11 is 9.96. The Morgan fingerprint density at radius 1 is 1.42 bits per heavy atom. The van der Waals surface area contributed by atoms with Gasteiger partial charge in [-0.25, -0.2) is 4.98 Å². The first kappa shape index (κ1) is 13.7. The molecule has 1 aromatic heterocycles. The molecule has 2 aliphatic rings. The summed E-state index contributed by atoms with van der Waals surface area (Å²) in [5.41, 5.74) is 1.33. The summed E-state index contributed by atoms with van der Waals surface area (Å²) in [5, 5.41) is 13.7. The van der Waals surface area contributed by atoms with Crippen molar-refractivity contribution < 1.29 is 5.11 Å². The number of nitrogens with zero attached hydrogens (tertiary/aromatic N) is 1. The lowest BCUT2D eigenvalue weighted by Crippen LogP contribution is -2.39. The Balaban J connectivity index is 1.97. The van der Waals surface area contributed by atoms with E-state index in [1.807, 2.05) is 0 Å².